The number of aromatic nitrogens is 2. The molecule has 4 rings (SSSR count). The van der Waals surface area contributed by atoms with Crippen LogP contribution in [-0.4, -0.2) is 15.7 Å². The van der Waals surface area contributed by atoms with Crippen LogP contribution in [0.1, 0.15) is 16.0 Å². The Morgan fingerprint density at radius 1 is 1.00 bits per heavy atom. The van der Waals surface area contributed by atoms with Crippen LogP contribution in [0, 0.1) is 0 Å². The van der Waals surface area contributed by atoms with Crippen molar-refractivity contribution in [1.29, 1.82) is 0 Å². The Balaban J connectivity index is 1.44. The molecule has 4 nitrogen and oxygen atoms in total. The van der Waals surface area contributed by atoms with Crippen LogP contribution in [-0.2, 0) is 24.3 Å². The molecule has 0 unspecified atom stereocenters. The topological polar surface area (TPSA) is 46.9 Å². The number of nitrogens with zero attached hydrogens (tertiary/aromatic N) is 2. The van der Waals surface area contributed by atoms with E-state index in [1.807, 2.05) is 46.6 Å². The third-order valence-corrected chi connectivity index (χ3v) is 5.45. The summed E-state index contributed by atoms with van der Waals surface area (Å²) in [5.41, 5.74) is 4.60. The Kier molecular flexibility index (Phi) is 5.64. The zero-order chi connectivity index (χ0) is 19.2. The molecule has 2 aromatic carbocycles. The fourth-order valence-electron chi connectivity index (χ4n) is 3.15. The third-order valence-electron chi connectivity index (χ3n) is 4.58. The van der Waals surface area contributed by atoms with Crippen molar-refractivity contribution >= 4 is 17.2 Å². The van der Waals surface area contributed by atoms with Crippen molar-refractivity contribution in [3.05, 3.63) is 101 Å². The van der Waals surface area contributed by atoms with E-state index in [9.17, 15) is 4.79 Å². The van der Waals surface area contributed by atoms with Crippen LogP contribution in [0.5, 0.6) is 0 Å². The fraction of sp³-hybridized carbons (Fsp3) is 0.130. The number of amides is 1. The molecule has 0 saturated heterocycles. The highest BCUT2D eigenvalue weighted by Gasteiger charge is 2.08. The van der Waals surface area contributed by atoms with Crippen LogP contribution < -0.4 is 5.32 Å². The van der Waals surface area contributed by atoms with Crippen molar-refractivity contribution in [2.24, 2.45) is 0 Å². The standard InChI is InChI=1S/C23H21N3OS/c27-23(15-21-6-3-14-28-21)24-16-20-5-1-2-7-22(20)19-10-8-18(9-11-19)17-26-13-4-12-25-26/h1-14H,15-17H2,(H,24,27). The van der Waals surface area contributed by atoms with Gasteiger partial charge in [-0.25, -0.2) is 0 Å². The Morgan fingerprint density at radius 3 is 2.61 bits per heavy atom. The second-order valence-electron chi connectivity index (χ2n) is 6.59. The molecule has 140 valence electrons. The predicted octanol–water partition coefficient (Wildman–Crippen LogP) is 4.52. The molecule has 0 atom stereocenters. The van der Waals surface area contributed by atoms with Gasteiger partial charge in [0.2, 0.25) is 5.91 Å². The molecule has 0 bridgehead atoms. The van der Waals surface area contributed by atoms with Crippen molar-refractivity contribution in [3.8, 4) is 11.1 Å². The molecule has 5 heteroatoms. The molecule has 2 heterocycles. The summed E-state index contributed by atoms with van der Waals surface area (Å²) in [6, 6.07) is 22.6. The fourth-order valence-corrected chi connectivity index (χ4v) is 3.86. The Bertz CT molecular complexity index is 1020. The minimum Gasteiger partial charge on any atom is -0.352 e. The number of rotatable bonds is 7. The molecule has 0 spiro atoms. The third kappa shape index (κ3) is 4.56. The largest absolute Gasteiger partial charge is 0.352 e. The zero-order valence-electron chi connectivity index (χ0n) is 15.4. The van der Waals surface area contributed by atoms with E-state index in [1.54, 1.807) is 17.5 Å². The van der Waals surface area contributed by atoms with Gasteiger partial charge in [-0.2, -0.15) is 5.10 Å². The summed E-state index contributed by atoms with van der Waals surface area (Å²) in [5.74, 6) is 0.0480. The maximum atomic E-state index is 12.2. The minimum atomic E-state index is 0.0480. The minimum absolute atomic E-state index is 0.0480. The first kappa shape index (κ1) is 18.2. The summed E-state index contributed by atoms with van der Waals surface area (Å²) in [5, 5.41) is 9.29. The molecule has 4 aromatic rings. The van der Waals surface area contributed by atoms with E-state index in [1.165, 1.54) is 5.56 Å². The number of carbonyl (C=O) groups excluding carboxylic acids is 1. The number of benzene rings is 2. The molecule has 1 N–H and O–H groups in total. The highest BCUT2D eigenvalue weighted by atomic mass is 32.1. The van der Waals surface area contributed by atoms with Gasteiger partial charge in [0.15, 0.2) is 0 Å². The maximum Gasteiger partial charge on any atom is 0.225 e. The van der Waals surface area contributed by atoms with Gasteiger partial charge in [-0.1, -0.05) is 54.6 Å². The molecule has 0 aliphatic carbocycles. The summed E-state index contributed by atoms with van der Waals surface area (Å²) >= 11 is 1.61. The molecule has 0 saturated carbocycles. The van der Waals surface area contributed by atoms with E-state index in [0.717, 1.165) is 28.1 Å². The number of thiophene rings is 1. The Labute approximate surface area is 168 Å². The smallest absolute Gasteiger partial charge is 0.225 e. The van der Waals surface area contributed by atoms with E-state index in [0.29, 0.717) is 13.0 Å². The predicted molar refractivity (Wildman–Crippen MR) is 113 cm³/mol. The summed E-state index contributed by atoms with van der Waals surface area (Å²) in [6.07, 6.45) is 4.18. The molecular weight excluding hydrogens is 366 g/mol. The van der Waals surface area contributed by atoms with Crippen molar-refractivity contribution < 1.29 is 4.79 Å². The van der Waals surface area contributed by atoms with Crippen molar-refractivity contribution in [2.75, 3.05) is 0 Å². The first-order valence-corrected chi connectivity index (χ1v) is 10.1. The summed E-state index contributed by atoms with van der Waals surface area (Å²) in [4.78, 5) is 13.3. The lowest BCUT2D eigenvalue weighted by atomic mass is 9.98. The van der Waals surface area contributed by atoms with E-state index in [4.69, 9.17) is 0 Å². The lowest BCUT2D eigenvalue weighted by Gasteiger charge is -2.12. The highest BCUT2D eigenvalue weighted by Crippen LogP contribution is 2.24. The number of carbonyl (C=O) groups is 1. The van der Waals surface area contributed by atoms with Crippen LogP contribution in [0.2, 0.25) is 0 Å². The van der Waals surface area contributed by atoms with Crippen LogP contribution in [0.3, 0.4) is 0 Å². The van der Waals surface area contributed by atoms with Gasteiger partial charge in [0.05, 0.1) is 13.0 Å². The monoisotopic (exact) mass is 387 g/mol. The van der Waals surface area contributed by atoms with Gasteiger partial charge in [0.25, 0.3) is 0 Å². The molecule has 0 aliphatic rings. The van der Waals surface area contributed by atoms with Crippen molar-refractivity contribution in [2.45, 2.75) is 19.5 Å². The van der Waals surface area contributed by atoms with Gasteiger partial charge in [-0.05, 0) is 39.8 Å². The SMILES string of the molecule is O=C(Cc1cccs1)NCc1ccccc1-c1ccc(Cn2cccn2)cc1. The lowest BCUT2D eigenvalue weighted by molar-refractivity contribution is -0.120. The van der Waals surface area contributed by atoms with Gasteiger partial charge in [0.1, 0.15) is 0 Å². The normalized spacial score (nSPS) is 10.7. The van der Waals surface area contributed by atoms with Crippen molar-refractivity contribution in [3.63, 3.8) is 0 Å². The number of nitrogens with one attached hydrogen (secondary N) is 1. The molecule has 28 heavy (non-hydrogen) atoms. The number of hydrogen-bond acceptors (Lipinski definition) is 3. The molecule has 0 radical (unpaired) electrons. The average Bonchev–Trinajstić information content (AvgIpc) is 3.42. The summed E-state index contributed by atoms with van der Waals surface area (Å²) < 4.78 is 1.91. The second kappa shape index (κ2) is 8.67. The van der Waals surface area contributed by atoms with Crippen LogP contribution in [0.25, 0.3) is 11.1 Å². The lowest BCUT2D eigenvalue weighted by Crippen LogP contribution is -2.24. The molecule has 1 amide bonds. The van der Waals surface area contributed by atoms with Gasteiger partial charge in [-0.3, -0.25) is 9.48 Å². The molecule has 0 aliphatic heterocycles. The Morgan fingerprint density at radius 2 is 1.86 bits per heavy atom. The quantitative estimate of drug-likeness (QED) is 0.507. The van der Waals surface area contributed by atoms with Crippen LogP contribution in [0.15, 0.2) is 84.5 Å². The van der Waals surface area contributed by atoms with E-state index < -0.39 is 0 Å². The van der Waals surface area contributed by atoms with Gasteiger partial charge in [0, 0.05) is 23.8 Å². The second-order valence-corrected chi connectivity index (χ2v) is 7.62. The van der Waals surface area contributed by atoms with E-state index in [2.05, 4.69) is 46.8 Å². The van der Waals surface area contributed by atoms with Gasteiger partial charge >= 0.3 is 0 Å². The van der Waals surface area contributed by atoms with Gasteiger partial charge in [-0.15, -0.1) is 11.3 Å². The molecule has 2 aromatic heterocycles. The Hall–Kier alpha value is -3.18. The number of hydrogen-bond donors (Lipinski definition) is 1. The van der Waals surface area contributed by atoms with E-state index >= 15 is 0 Å². The zero-order valence-corrected chi connectivity index (χ0v) is 16.2. The summed E-state index contributed by atoms with van der Waals surface area (Å²) in [7, 11) is 0. The highest BCUT2D eigenvalue weighted by molar-refractivity contribution is 7.10. The average molecular weight is 388 g/mol. The van der Waals surface area contributed by atoms with Crippen LogP contribution >= 0.6 is 11.3 Å². The van der Waals surface area contributed by atoms with E-state index in [-0.39, 0.29) is 5.91 Å². The maximum absolute atomic E-state index is 12.2. The molecular formula is C23H21N3OS. The first-order chi connectivity index (χ1) is 13.8. The first-order valence-electron chi connectivity index (χ1n) is 9.22. The summed E-state index contributed by atoms with van der Waals surface area (Å²) in [6.45, 7) is 1.28. The van der Waals surface area contributed by atoms with Crippen molar-refractivity contribution in [1.82, 2.24) is 15.1 Å². The molecule has 0 fully saturated rings. The van der Waals surface area contributed by atoms with Gasteiger partial charge < -0.3 is 5.32 Å². The van der Waals surface area contributed by atoms with Crippen LogP contribution in [0.4, 0.5) is 0 Å².